The average Bonchev–Trinajstić information content (AvgIpc) is 3.61. The maximum Gasteiger partial charge on any atom is 0.194 e. The molecular formula is C38H76O14. The van der Waals surface area contributed by atoms with E-state index in [0.717, 1.165) is 38.7 Å². The molecule has 1 N–H and O–H groups in total. The van der Waals surface area contributed by atoms with E-state index in [9.17, 15) is 0 Å². The quantitative estimate of drug-likeness (QED) is 0.0639. The Morgan fingerprint density at radius 3 is 0.923 bits per heavy atom. The van der Waals surface area contributed by atoms with E-state index >= 15 is 0 Å². The van der Waals surface area contributed by atoms with Gasteiger partial charge in [-0.3, -0.25) is 0 Å². The minimum absolute atomic E-state index is 0.0269. The van der Waals surface area contributed by atoms with Gasteiger partial charge in [0.25, 0.3) is 0 Å². The fourth-order valence-corrected chi connectivity index (χ4v) is 5.03. The molecule has 0 aromatic heterocycles. The summed E-state index contributed by atoms with van der Waals surface area (Å²) in [5.41, 5.74) is 0. The molecule has 2 unspecified atom stereocenters. The minimum atomic E-state index is -0.194. The van der Waals surface area contributed by atoms with Gasteiger partial charge in [0, 0.05) is 19.4 Å². The van der Waals surface area contributed by atoms with Crippen LogP contribution in [0.1, 0.15) is 96.8 Å². The lowest BCUT2D eigenvalue weighted by Crippen LogP contribution is -2.15. The third kappa shape index (κ3) is 37.7. The topological polar surface area (TPSA) is 140 Å². The lowest BCUT2D eigenvalue weighted by atomic mass is 10.1. The largest absolute Gasteiger partial charge is 0.394 e. The van der Waals surface area contributed by atoms with Crippen LogP contribution in [0.15, 0.2) is 0 Å². The Balaban J connectivity index is 1.63. The fourth-order valence-electron chi connectivity index (χ4n) is 5.03. The second-order valence-electron chi connectivity index (χ2n) is 12.5. The Morgan fingerprint density at radius 2 is 0.596 bits per heavy atom. The maximum absolute atomic E-state index is 8.59. The third-order valence-corrected chi connectivity index (χ3v) is 7.93. The third-order valence-electron chi connectivity index (χ3n) is 7.93. The molecule has 0 aromatic rings. The number of aliphatic hydroxyl groups is 1. The van der Waals surface area contributed by atoms with E-state index in [1.807, 2.05) is 0 Å². The molecule has 0 amide bonds. The second-order valence-corrected chi connectivity index (χ2v) is 12.5. The number of aliphatic hydroxyl groups excluding tert-OH is 1. The van der Waals surface area contributed by atoms with Gasteiger partial charge >= 0.3 is 0 Å². The Kier molecular flexibility index (Phi) is 41.1. The van der Waals surface area contributed by atoms with Gasteiger partial charge in [-0.25, -0.2) is 9.78 Å². The second kappa shape index (κ2) is 43.2. The normalized spacial score (nSPS) is 16.0. The molecule has 14 nitrogen and oxygen atoms in total. The van der Waals surface area contributed by atoms with Crippen LogP contribution < -0.4 is 0 Å². The highest BCUT2D eigenvalue weighted by molar-refractivity contribution is 4.55. The summed E-state index contributed by atoms with van der Waals surface area (Å²) < 4.78 is 60.4. The smallest absolute Gasteiger partial charge is 0.194 e. The van der Waals surface area contributed by atoms with Crippen molar-refractivity contribution in [3.05, 3.63) is 0 Å². The van der Waals surface area contributed by atoms with E-state index in [0.29, 0.717) is 126 Å². The molecule has 1 fully saturated rings. The summed E-state index contributed by atoms with van der Waals surface area (Å²) in [5, 5.41) is 8.59. The van der Waals surface area contributed by atoms with Gasteiger partial charge in [-0.2, -0.15) is 0 Å². The first kappa shape index (κ1) is 49.5. The Labute approximate surface area is 314 Å². The molecule has 312 valence electrons. The summed E-state index contributed by atoms with van der Waals surface area (Å²) in [7, 11) is 0. The van der Waals surface area contributed by atoms with Crippen LogP contribution in [0.3, 0.4) is 0 Å². The van der Waals surface area contributed by atoms with Gasteiger partial charge < -0.3 is 57.2 Å². The van der Waals surface area contributed by atoms with E-state index in [-0.39, 0.29) is 19.2 Å². The Hall–Kier alpha value is -0.560. The van der Waals surface area contributed by atoms with Crippen LogP contribution in [0.4, 0.5) is 0 Å². The van der Waals surface area contributed by atoms with Crippen molar-refractivity contribution in [3.8, 4) is 0 Å². The lowest BCUT2D eigenvalue weighted by Gasteiger charge is -2.09. The van der Waals surface area contributed by atoms with E-state index in [1.165, 1.54) is 57.8 Å². The summed E-state index contributed by atoms with van der Waals surface area (Å²) in [6.45, 7) is 12.8. The van der Waals surface area contributed by atoms with Gasteiger partial charge in [0.05, 0.1) is 132 Å². The first-order chi connectivity index (χ1) is 25.9. The van der Waals surface area contributed by atoms with Gasteiger partial charge in [-0.15, -0.1) is 0 Å². The highest BCUT2D eigenvalue weighted by Crippen LogP contribution is 2.23. The summed E-state index contributed by atoms with van der Waals surface area (Å²) in [5.74, 6) is 0. The molecule has 1 aliphatic rings. The molecular weight excluding hydrogens is 680 g/mol. The van der Waals surface area contributed by atoms with Crippen molar-refractivity contribution in [3.63, 3.8) is 0 Å². The summed E-state index contributed by atoms with van der Waals surface area (Å²) >= 11 is 0. The zero-order chi connectivity index (χ0) is 37.1. The van der Waals surface area contributed by atoms with Crippen molar-refractivity contribution in [2.45, 2.75) is 109 Å². The van der Waals surface area contributed by atoms with Crippen LogP contribution in [0, 0.1) is 0 Å². The first-order valence-electron chi connectivity index (χ1n) is 20.2. The summed E-state index contributed by atoms with van der Waals surface area (Å²) in [6, 6.07) is 0. The molecule has 1 rings (SSSR count). The molecule has 1 saturated heterocycles. The first-order valence-corrected chi connectivity index (χ1v) is 20.2. The van der Waals surface area contributed by atoms with Gasteiger partial charge in [-0.1, -0.05) is 64.7 Å². The van der Waals surface area contributed by atoms with Crippen LogP contribution >= 0.6 is 0 Å². The van der Waals surface area contributed by atoms with Crippen molar-refractivity contribution in [2.75, 3.05) is 139 Å². The monoisotopic (exact) mass is 757 g/mol. The van der Waals surface area contributed by atoms with Crippen LogP contribution in [-0.2, 0) is 61.9 Å². The molecule has 1 aliphatic heterocycles. The highest BCUT2D eigenvalue weighted by Gasteiger charge is 2.26. The van der Waals surface area contributed by atoms with Crippen LogP contribution in [0.5, 0.6) is 0 Å². The van der Waals surface area contributed by atoms with E-state index in [1.54, 1.807) is 0 Å². The predicted octanol–water partition coefficient (Wildman–Crippen LogP) is 5.26. The zero-order valence-electron chi connectivity index (χ0n) is 32.7. The van der Waals surface area contributed by atoms with Gasteiger partial charge in [0.1, 0.15) is 0 Å². The number of hydrogen-bond donors (Lipinski definition) is 1. The Bertz CT molecular complexity index is 665. The van der Waals surface area contributed by atoms with Crippen molar-refractivity contribution in [2.24, 2.45) is 0 Å². The highest BCUT2D eigenvalue weighted by atomic mass is 17.3. The van der Waals surface area contributed by atoms with Gasteiger partial charge in [0.2, 0.25) is 0 Å². The van der Waals surface area contributed by atoms with Crippen molar-refractivity contribution in [1.82, 2.24) is 0 Å². The number of hydrogen-bond acceptors (Lipinski definition) is 14. The minimum Gasteiger partial charge on any atom is -0.394 e. The SMILES string of the molecule is CCCCCCCCC1OOC(CCCCCCCCOCCOCCOCCOCCOCCOCCOCCOCCOCCOCCO)O1. The lowest BCUT2D eigenvalue weighted by molar-refractivity contribution is -0.298. The zero-order valence-corrected chi connectivity index (χ0v) is 32.7. The van der Waals surface area contributed by atoms with E-state index in [2.05, 4.69) is 6.92 Å². The molecule has 1 heterocycles. The van der Waals surface area contributed by atoms with Gasteiger partial charge in [-0.05, 0) is 19.3 Å². The summed E-state index contributed by atoms with van der Waals surface area (Å²) in [4.78, 5) is 10.7. The van der Waals surface area contributed by atoms with Crippen LogP contribution in [0.25, 0.3) is 0 Å². The Morgan fingerprint density at radius 1 is 0.327 bits per heavy atom. The molecule has 0 spiro atoms. The van der Waals surface area contributed by atoms with Crippen molar-refractivity contribution in [1.29, 1.82) is 0 Å². The van der Waals surface area contributed by atoms with Crippen molar-refractivity contribution >= 4 is 0 Å². The average molecular weight is 757 g/mol. The molecule has 0 aliphatic carbocycles. The fraction of sp³-hybridized carbons (Fsp3) is 1.00. The van der Waals surface area contributed by atoms with Crippen LogP contribution in [0.2, 0.25) is 0 Å². The van der Waals surface area contributed by atoms with Gasteiger partial charge in [0.15, 0.2) is 12.6 Å². The molecule has 0 aromatic carbocycles. The van der Waals surface area contributed by atoms with E-state index < -0.39 is 0 Å². The van der Waals surface area contributed by atoms with Crippen LogP contribution in [-0.4, -0.2) is 156 Å². The summed E-state index contributed by atoms with van der Waals surface area (Å²) in [6.07, 6.45) is 16.1. The van der Waals surface area contributed by atoms with Crippen molar-refractivity contribution < 1.29 is 67.0 Å². The molecule has 2 atom stereocenters. The maximum atomic E-state index is 8.59. The van der Waals surface area contributed by atoms with E-state index in [4.69, 9.17) is 67.0 Å². The molecule has 52 heavy (non-hydrogen) atoms. The molecule has 0 radical (unpaired) electrons. The number of ether oxygens (including phenoxy) is 11. The molecule has 0 saturated carbocycles. The number of unbranched alkanes of at least 4 members (excludes halogenated alkanes) is 10. The molecule has 0 bridgehead atoms. The standard InChI is InChI=1S/C38H76O14/c1-2-3-4-5-8-11-14-37-50-38(52-51-37)15-12-9-6-7-10-13-17-40-19-21-42-23-25-44-27-29-46-31-33-48-35-36-49-34-32-47-30-28-45-26-24-43-22-20-41-18-16-39/h37-39H,2-36H2,1H3. The number of rotatable bonds is 45. The predicted molar refractivity (Wildman–Crippen MR) is 196 cm³/mol. The molecule has 14 heteroatoms.